The van der Waals surface area contributed by atoms with E-state index in [4.69, 9.17) is 14.2 Å². The molecule has 0 aromatic heterocycles. The summed E-state index contributed by atoms with van der Waals surface area (Å²) >= 11 is 0. The van der Waals surface area contributed by atoms with Crippen molar-refractivity contribution in [3.05, 3.63) is 0 Å². The van der Waals surface area contributed by atoms with E-state index in [-0.39, 0.29) is 31.4 Å². The van der Waals surface area contributed by atoms with E-state index in [1.54, 1.807) is 0 Å². The van der Waals surface area contributed by atoms with Crippen LogP contribution >= 0.6 is 0 Å². The number of hydrogen-bond acceptors (Lipinski definition) is 5. The molecule has 0 saturated carbocycles. The third-order valence-electron chi connectivity index (χ3n) is 3.09. The lowest BCUT2D eigenvalue weighted by atomic mass is 10.1. The van der Waals surface area contributed by atoms with Gasteiger partial charge in [0.15, 0.2) is 0 Å². The lowest BCUT2D eigenvalue weighted by molar-refractivity contribution is -0.151. The number of hydrogen-bond donors (Lipinski definition) is 0. The summed E-state index contributed by atoms with van der Waals surface area (Å²) in [5, 5.41) is 0. The van der Waals surface area contributed by atoms with Gasteiger partial charge in [-0.2, -0.15) is 0 Å². The van der Waals surface area contributed by atoms with Crippen LogP contribution in [-0.2, 0) is 23.8 Å². The quantitative estimate of drug-likeness (QED) is 0.364. The topological polar surface area (TPSA) is 61.8 Å². The van der Waals surface area contributed by atoms with Gasteiger partial charge >= 0.3 is 11.9 Å². The molecule has 124 valence electrons. The van der Waals surface area contributed by atoms with Crippen LogP contribution in [0.15, 0.2) is 0 Å². The Labute approximate surface area is 128 Å². The second kappa shape index (κ2) is 15.3. The van der Waals surface area contributed by atoms with Crippen LogP contribution < -0.4 is 0 Å². The molecule has 0 aliphatic carbocycles. The van der Waals surface area contributed by atoms with E-state index in [0.717, 1.165) is 12.8 Å². The average molecular weight is 302 g/mol. The zero-order valence-corrected chi connectivity index (χ0v) is 13.5. The first-order chi connectivity index (χ1) is 10.2. The molecule has 0 saturated heterocycles. The minimum absolute atomic E-state index is 0.0690. The van der Waals surface area contributed by atoms with Crippen LogP contribution in [0.2, 0.25) is 0 Å². The van der Waals surface area contributed by atoms with Crippen LogP contribution in [0.25, 0.3) is 0 Å². The van der Waals surface area contributed by atoms with Gasteiger partial charge < -0.3 is 14.2 Å². The second-order valence-corrected chi connectivity index (χ2v) is 5.06. The Hall–Kier alpha value is -1.10. The van der Waals surface area contributed by atoms with Crippen molar-refractivity contribution in [2.24, 2.45) is 0 Å². The fraction of sp³-hybridized carbons (Fsp3) is 0.875. The number of ether oxygens (including phenoxy) is 3. The van der Waals surface area contributed by atoms with Crippen molar-refractivity contribution in [3.8, 4) is 0 Å². The SMILES string of the molecule is CCCCCCCCCOC(=O)CCC(=O)OCCOC. The molecule has 0 atom stereocenters. The third kappa shape index (κ3) is 15.1. The summed E-state index contributed by atoms with van der Waals surface area (Å²) in [6.07, 6.45) is 8.45. The molecule has 0 aromatic carbocycles. The summed E-state index contributed by atoms with van der Waals surface area (Å²) in [5.41, 5.74) is 0. The number of carbonyl (C=O) groups excluding carboxylic acids is 2. The van der Waals surface area contributed by atoms with Gasteiger partial charge in [0.25, 0.3) is 0 Å². The molecule has 0 rings (SSSR count). The molecule has 0 aliphatic heterocycles. The normalized spacial score (nSPS) is 10.4. The predicted octanol–water partition coefficient (Wildman–Crippen LogP) is 3.25. The third-order valence-corrected chi connectivity index (χ3v) is 3.09. The molecule has 5 nitrogen and oxygen atoms in total. The zero-order chi connectivity index (χ0) is 15.8. The lowest BCUT2D eigenvalue weighted by Gasteiger charge is -2.05. The van der Waals surface area contributed by atoms with Crippen molar-refractivity contribution < 1.29 is 23.8 Å². The van der Waals surface area contributed by atoms with Crippen molar-refractivity contribution in [2.75, 3.05) is 26.9 Å². The van der Waals surface area contributed by atoms with Gasteiger partial charge in [-0.1, -0.05) is 45.4 Å². The molecule has 0 aliphatic rings. The zero-order valence-electron chi connectivity index (χ0n) is 13.5. The molecule has 0 radical (unpaired) electrons. The average Bonchev–Trinajstić information content (AvgIpc) is 2.48. The summed E-state index contributed by atoms with van der Waals surface area (Å²) in [6, 6.07) is 0. The lowest BCUT2D eigenvalue weighted by Crippen LogP contribution is -2.13. The highest BCUT2D eigenvalue weighted by molar-refractivity contribution is 5.77. The summed E-state index contributed by atoms with van der Waals surface area (Å²) in [4.78, 5) is 22.6. The van der Waals surface area contributed by atoms with E-state index in [0.29, 0.717) is 13.2 Å². The van der Waals surface area contributed by atoms with E-state index < -0.39 is 0 Å². The first-order valence-electron chi connectivity index (χ1n) is 8.00. The minimum atomic E-state index is -0.389. The smallest absolute Gasteiger partial charge is 0.306 e. The van der Waals surface area contributed by atoms with E-state index in [1.165, 1.54) is 39.2 Å². The Bertz CT molecular complexity index is 265. The summed E-state index contributed by atoms with van der Waals surface area (Å²) in [6.45, 7) is 3.25. The van der Waals surface area contributed by atoms with Crippen molar-refractivity contribution in [2.45, 2.75) is 64.7 Å². The van der Waals surface area contributed by atoms with Crippen molar-refractivity contribution in [1.82, 2.24) is 0 Å². The van der Waals surface area contributed by atoms with Crippen molar-refractivity contribution in [1.29, 1.82) is 0 Å². The van der Waals surface area contributed by atoms with Crippen LogP contribution in [0.5, 0.6) is 0 Å². The van der Waals surface area contributed by atoms with Gasteiger partial charge in [-0.15, -0.1) is 0 Å². The van der Waals surface area contributed by atoms with Gasteiger partial charge in [-0.3, -0.25) is 9.59 Å². The molecule has 0 aromatic rings. The molecule has 5 heteroatoms. The first kappa shape index (κ1) is 19.9. The molecule has 0 spiro atoms. The molecule has 0 N–H and O–H groups in total. The Morgan fingerprint density at radius 3 is 1.81 bits per heavy atom. The van der Waals surface area contributed by atoms with E-state index in [9.17, 15) is 9.59 Å². The van der Waals surface area contributed by atoms with Gasteiger partial charge in [0.1, 0.15) is 6.61 Å². The van der Waals surface area contributed by atoms with Crippen LogP contribution in [-0.4, -0.2) is 38.9 Å². The maximum absolute atomic E-state index is 11.4. The molecular weight excluding hydrogens is 272 g/mol. The van der Waals surface area contributed by atoms with E-state index in [2.05, 4.69) is 6.92 Å². The molecule has 0 heterocycles. The monoisotopic (exact) mass is 302 g/mol. The number of esters is 2. The largest absolute Gasteiger partial charge is 0.466 e. The van der Waals surface area contributed by atoms with Crippen LogP contribution in [0.1, 0.15) is 64.7 Å². The minimum Gasteiger partial charge on any atom is -0.466 e. The second-order valence-electron chi connectivity index (χ2n) is 5.06. The molecule has 21 heavy (non-hydrogen) atoms. The fourth-order valence-corrected chi connectivity index (χ4v) is 1.83. The van der Waals surface area contributed by atoms with Gasteiger partial charge in [-0.05, 0) is 6.42 Å². The summed E-state index contributed by atoms with van der Waals surface area (Å²) in [7, 11) is 1.54. The summed E-state index contributed by atoms with van der Waals surface area (Å²) in [5.74, 6) is -0.718. The van der Waals surface area contributed by atoms with E-state index >= 15 is 0 Å². The number of rotatable bonds is 14. The first-order valence-corrected chi connectivity index (χ1v) is 8.00. The number of carbonyl (C=O) groups is 2. The Balaban J connectivity index is 3.32. The van der Waals surface area contributed by atoms with E-state index in [1.807, 2.05) is 0 Å². The maximum Gasteiger partial charge on any atom is 0.306 e. The predicted molar refractivity (Wildman–Crippen MR) is 81.0 cm³/mol. The number of unbranched alkanes of at least 4 members (excludes halogenated alkanes) is 6. The van der Waals surface area contributed by atoms with Gasteiger partial charge in [0, 0.05) is 7.11 Å². The van der Waals surface area contributed by atoms with Crippen molar-refractivity contribution in [3.63, 3.8) is 0 Å². The van der Waals surface area contributed by atoms with Crippen LogP contribution in [0.3, 0.4) is 0 Å². The highest BCUT2D eigenvalue weighted by Gasteiger charge is 2.08. The van der Waals surface area contributed by atoms with Crippen molar-refractivity contribution >= 4 is 11.9 Å². The van der Waals surface area contributed by atoms with Gasteiger partial charge in [0.05, 0.1) is 26.1 Å². The molecule has 0 unspecified atom stereocenters. The molecule has 0 fully saturated rings. The Kier molecular flexibility index (Phi) is 14.5. The Morgan fingerprint density at radius 2 is 1.24 bits per heavy atom. The standard InChI is InChI=1S/C16H30O5/c1-3-4-5-6-7-8-9-12-20-15(17)10-11-16(18)21-14-13-19-2/h3-14H2,1-2H3. The van der Waals surface area contributed by atoms with Gasteiger partial charge in [-0.25, -0.2) is 0 Å². The van der Waals surface area contributed by atoms with Crippen LogP contribution in [0, 0.1) is 0 Å². The highest BCUT2D eigenvalue weighted by atomic mass is 16.6. The maximum atomic E-state index is 11.4. The molecular formula is C16H30O5. The fourth-order valence-electron chi connectivity index (χ4n) is 1.83. The molecule has 0 amide bonds. The van der Waals surface area contributed by atoms with Crippen LogP contribution in [0.4, 0.5) is 0 Å². The highest BCUT2D eigenvalue weighted by Crippen LogP contribution is 2.07. The van der Waals surface area contributed by atoms with Gasteiger partial charge in [0.2, 0.25) is 0 Å². The summed E-state index contributed by atoms with van der Waals surface area (Å²) < 4.78 is 14.7. The number of methoxy groups -OCH3 is 1. The Morgan fingerprint density at radius 1 is 0.714 bits per heavy atom. The molecule has 0 bridgehead atoms.